The molecule has 0 radical (unpaired) electrons. The standard InChI is InChI=1S/C45H41F2N3O3/c1-41(2)24-42(3,4)26-43(25-41)35-11-9-8-10-31(35)38-33-23-37-36(49-45(46,47)50(37)48-5)22-34(33)40-32(39(38)43)20-21-44(53-40,27-12-16-29(51-6)17-13-27)28-14-18-30(52-7)19-15-28/h8-23,49H,24-26H2,1-4,6-7H3. The van der Waals surface area contributed by atoms with E-state index in [4.69, 9.17) is 20.8 Å². The lowest BCUT2D eigenvalue weighted by molar-refractivity contribution is 0.0445. The van der Waals surface area contributed by atoms with Crippen LogP contribution in [0.25, 0.3) is 32.9 Å². The SMILES string of the molecule is [C-]#[N+]N1c2cc3c4c(c5c(c3cc2NC1(F)F)OC(c1ccc(OC)cc1)(c1ccc(OC)cc1)C=C5)C1(CC(C)(C)CC(C)(C)C1)c1ccccc1-4. The van der Waals surface area contributed by atoms with Crippen LogP contribution in [0.3, 0.4) is 0 Å². The molecule has 2 aliphatic carbocycles. The molecule has 5 aromatic rings. The molecule has 0 aromatic heterocycles. The Balaban J connectivity index is 1.40. The van der Waals surface area contributed by atoms with Crippen LogP contribution in [0.2, 0.25) is 0 Å². The Bertz CT molecular complexity index is 2340. The number of hydrogen-bond acceptors (Lipinski definition) is 5. The highest BCUT2D eigenvalue weighted by molar-refractivity contribution is 6.12. The first kappa shape index (κ1) is 33.3. The fraction of sp³-hybridized carbons (Fsp3) is 0.311. The summed E-state index contributed by atoms with van der Waals surface area (Å²) in [6, 6.07) is 27.8. The number of anilines is 2. The number of rotatable bonds is 4. The first-order valence-electron chi connectivity index (χ1n) is 18.0. The van der Waals surface area contributed by atoms with Crippen molar-refractivity contribution in [1.82, 2.24) is 0 Å². The van der Waals surface area contributed by atoms with Gasteiger partial charge in [-0.15, -0.1) is 4.95 Å². The molecule has 8 heteroatoms. The third-order valence-electron chi connectivity index (χ3n) is 11.8. The van der Waals surface area contributed by atoms with Crippen LogP contribution in [0.15, 0.2) is 91.0 Å². The minimum atomic E-state index is -3.57. The Morgan fingerprint density at radius 3 is 1.98 bits per heavy atom. The maximum atomic E-state index is 15.4. The van der Waals surface area contributed by atoms with Gasteiger partial charge in [0, 0.05) is 32.5 Å². The minimum Gasteiger partial charge on any atom is -0.497 e. The summed E-state index contributed by atoms with van der Waals surface area (Å²) < 4.78 is 49.4. The van der Waals surface area contributed by atoms with Gasteiger partial charge in [-0.3, -0.25) is 0 Å². The van der Waals surface area contributed by atoms with Crippen LogP contribution in [0.5, 0.6) is 17.2 Å². The summed E-state index contributed by atoms with van der Waals surface area (Å²) in [5.74, 6) is 2.06. The van der Waals surface area contributed by atoms with Crippen molar-refractivity contribution in [2.45, 2.75) is 64.1 Å². The Hall–Kier alpha value is -5.55. The fourth-order valence-electron chi connectivity index (χ4n) is 10.6. The van der Waals surface area contributed by atoms with Gasteiger partial charge in [-0.1, -0.05) is 82.3 Å². The number of benzene rings is 5. The van der Waals surface area contributed by atoms with Gasteiger partial charge in [-0.25, -0.2) is 0 Å². The maximum absolute atomic E-state index is 15.4. The average molecular weight is 710 g/mol. The monoisotopic (exact) mass is 709 g/mol. The molecule has 1 fully saturated rings. The molecule has 53 heavy (non-hydrogen) atoms. The number of nitrogens with one attached hydrogen (secondary N) is 1. The molecule has 0 unspecified atom stereocenters. The van der Waals surface area contributed by atoms with E-state index in [1.165, 1.54) is 11.1 Å². The van der Waals surface area contributed by atoms with Crippen molar-refractivity contribution in [2.75, 3.05) is 24.5 Å². The summed E-state index contributed by atoms with van der Waals surface area (Å²) in [7, 11) is 3.28. The van der Waals surface area contributed by atoms with Crippen molar-refractivity contribution >= 4 is 28.2 Å². The molecule has 0 bridgehead atoms. The van der Waals surface area contributed by atoms with E-state index >= 15 is 8.78 Å². The largest absolute Gasteiger partial charge is 0.497 e. The van der Waals surface area contributed by atoms with Gasteiger partial charge < -0.3 is 19.5 Å². The van der Waals surface area contributed by atoms with Crippen molar-refractivity contribution in [3.8, 4) is 28.4 Å². The Morgan fingerprint density at radius 1 is 0.792 bits per heavy atom. The normalized spacial score (nSPS) is 20.0. The molecule has 0 atom stereocenters. The minimum absolute atomic E-state index is 0.0122. The molecular weight excluding hydrogens is 669 g/mol. The third kappa shape index (κ3) is 4.72. The Morgan fingerprint density at radius 2 is 1.40 bits per heavy atom. The average Bonchev–Trinajstić information content (AvgIpc) is 3.54. The van der Waals surface area contributed by atoms with Crippen LogP contribution in [0.1, 0.15) is 74.8 Å². The molecule has 0 saturated heterocycles. The molecule has 0 amide bonds. The van der Waals surface area contributed by atoms with Crippen molar-refractivity contribution in [2.24, 2.45) is 10.8 Å². The van der Waals surface area contributed by atoms with E-state index in [1.54, 1.807) is 26.4 Å². The number of halogens is 2. The number of hydrogen-bond donors (Lipinski definition) is 1. The highest BCUT2D eigenvalue weighted by Crippen LogP contribution is 2.67. The summed E-state index contributed by atoms with van der Waals surface area (Å²) in [4.78, 5) is 3.27. The van der Waals surface area contributed by atoms with Gasteiger partial charge in [0.1, 0.15) is 22.9 Å². The van der Waals surface area contributed by atoms with Crippen LogP contribution in [0, 0.1) is 17.4 Å². The van der Waals surface area contributed by atoms with Gasteiger partial charge in [0.25, 0.3) is 0 Å². The number of fused-ring (bicyclic) bond motifs is 11. The highest BCUT2D eigenvalue weighted by atomic mass is 19.3. The van der Waals surface area contributed by atoms with E-state index in [1.807, 2.05) is 48.5 Å². The molecule has 1 spiro atoms. The summed E-state index contributed by atoms with van der Waals surface area (Å²) in [6.07, 6.45) is 3.68. The summed E-state index contributed by atoms with van der Waals surface area (Å²) in [5.41, 5.74) is 6.16. The van der Waals surface area contributed by atoms with Crippen molar-refractivity contribution in [3.63, 3.8) is 0 Å². The Labute approximate surface area is 308 Å². The number of methoxy groups -OCH3 is 2. The first-order chi connectivity index (χ1) is 25.2. The first-order valence-corrected chi connectivity index (χ1v) is 18.0. The van der Waals surface area contributed by atoms with E-state index in [0.29, 0.717) is 16.1 Å². The summed E-state index contributed by atoms with van der Waals surface area (Å²) in [5, 5.41) is 4.26. The van der Waals surface area contributed by atoms with Gasteiger partial charge in [0.15, 0.2) is 5.60 Å². The lowest BCUT2D eigenvalue weighted by Crippen LogP contribution is -2.44. The molecule has 1 N–H and O–H groups in total. The highest BCUT2D eigenvalue weighted by Gasteiger charge is 2.56. The molecule has 1 saturated carbocycles. The molecule has 2 aliphatic heterocycles. The predicted octanol–water partition coefficient (Wildman–Crippen LogP) is 11.3. The fourth-order valence-corrected chi connectivity index (χ4v) is 10.6. The van der Waals surface area contributed by atoms with E-state index < -0.39 is 11.8 Å². The zero-order valence-corrected chi connectivity index (χ0v) is 30.7. The number of alkyl halides is 2. The van der Waals surface area contributed by atoms with E-state index in [0.717, 1.165) is 64.0 Å². The van der Waals surface area contributed by atoms with E-state index in [-0.39, 0.29) is 27.6 Å². The second-order valence-corrected chi connectivity index (χ2v) is 16.6. The second kappa shape index (κ2) is 11.0. The molecule has 2 heterocycles. The smallest absolute Gasteiger partial charge is 0.473 e. The van der Waals surface area contributed by atoms with Crippen LogP contribution in [-0.4, -0.2) is 20.4 Å². The molecular formula is C45H41F2N3O3. The van der Waals surface area contributed by atoms with Gasteiger partial charge >= 0.3 is 6.17 Å². The van der Waals surface area contributed by atoms with E-state index in [9.17, 15) is 0 Å². The maximum Gasteiger partial charge on any atom is 0.473 e. The molecule has 268 valence electrons. The van der Waals surface area contributed by atoms with Gasteiger partial charge in [0.2, 0.25) is 0 Å². The lowest BCUT2D eigenvalue weighted by Gasteiger charge is -2.52. The second-order valence-electron chi connectivity index (χ2n) is 16.6. The van der Waals surface area contributed by atoms with Crippen molar-refractivity contribution in [1.29, 1.82) is 0 Å². The van der Waals surface area contributed by atoms with Gasteiger partial charge in [-0.2, -0.15) is 15.4 Å². The van der Waals surface area contributed by atoms with Crippen molar-refractivity contribution in [3.05, 3.63) is 130 Å². The molecule has 4 aliphatic rings. The lowest BCUT2D eigenvalue weighted by atomic mass is 9.52. The zero-order valence-electron chi connectivity index (χ0n) is 30.7. The Kier molecular flexibility index (Phi) is 6.90. The van der Waals surface area contributed by atoms with Crippen LogP contribution >= 0.6 is 0 Å². The van der Waals surface area contributed by atoms with Gasteiger partial charge in [0.05, 0.1) is 19.9 Å². The van der Waals surface area contributed by atoms with Crippen LogP contribution < -0.4 is 24.5 Å². The van der Waals surface area contributed by atoms with E-state index in [2.05, 4.69) is 74.4 Å². The number of nitrogens with zero attached hydrogens (tertiary/aromatic N) is 2. The zero-order chi connectivity index (χ0) is 37.1. The topological polar surface area (TPSA) is 47.3 Å². The molecule has 6 nitrogen and oxygen atoms in total. The summed E-state index contributed by atoms with van der Waals surface area (Å²) in [6.45, 7) is 17.2. The molecule has 5 aromatic carbocycles. The predicted molar refractivity (Wildman–Crippen MR) is 206 cm³/mol. The molecule has 9 rings (SSSR count). The third-order valence-corrected chi connectivity index (χ3v) is 11.8. The quantitative estimate of drug-likeness (QED) is 0.149. The van der Waals surface area contributed by atoms with Crippen LogP contribution in [-0.2, 0) is 11.0 Å². The van der Waals surface area contributed by atoms with Crippen LogP contribution in [0.4, 0.5) is 20.2 Å². The summed E-state index contributed by atoms with van der Waals surface area (Å²) >= 11 is 0. The van der Waals surface area contributed by atoms with Crippen molar-refractivity contribution < 1.29 is 23.0 Å². The number of ether oxygens (including phenoxy) is 3. The van der Waals surface area contributed by atoms with Gasteiger partial charge in [-0.05, 0) is 100 Å².